The van der Waals surface area contributed by atoms with Gasteiger partial charge in [0.1, 0.15) is 0 Å². The van der Waals surface area contributed by atoms with Gasteiger partial charge >= 0.3 is 25.1 Å². The van der Waals surface area contributed by atoms with Gasteiger partial charge in [0.2, 0.25) is 0 Å². The molecule has 4 nitrogen and oxygen atoms in total. The monoisotopic (exact) mass is 373 g/mol. The molecule has 3 N–H and O–H groups in total. The third-order valence-electron chi connectivity index (χ3n) is 3.01. The van der Waals surface area contributed by atoms with E-state index in [0.717, 1.165) is 6.07 Å². The van der Waals surface area contributed by atoms with E-state index < -0.39 is 47.8 Å². The zero-order chi connectivity index (χ0) is 19.8. The minimum Gasteiger partial charge on any atom is -0.423 e. The van der Waals surface area contributed by atoms with Crippen molar-refractivity contribution in [2.45, 2.75) is 24.9 Å². The van der Waals surface area contributed by atoms with Crippen LogP contribution in [-0.4, -0.2) is 35.2 Å². The lowest BCUT2D eigenvalue weighted by Gasteiger charge is -2.29. The Balaban J connectivity index is 3.51. The summed E-state index contributed by atoms with van der Waals surface area (Å²) in [5.41, 5.74) is -3.46. The van der Waals surface area contributed by atoms with E-state index in [9.17, 15) is 35.5 Å². The average Bonchev–Trinajstić information content (AvgIpc) is 2.45. The smallest absolute Gasteiger partial charge is 0.423 e. The molecule has 0 radical (unpaired) electrons. The fourth-order valence-electron chi connectivity index (χ4n) is 1.65. The summed E-state index contributed by atoms with van der Waals surface area (Å²) in [5.74, 6) is -13.1. The molecule has 0 unspecified atom stereocenters. The van der Waals surface area contributed by atoms with E-state index in [1.807, 2.05) is 5.32 Å². The first-order chi connectivity index (χ1) is 11.1. The van der Waals surface area contributed by atoms with Gasteiger partial charge in [0.15, 0.2) is 0 Å². The van der Waals surface area contributed by atoms with Crippen LogP contribution < -0.4 is 10.8 Å². The maximum absolute atomic E-state index is 13.8. The van der Waals surface area contributed by atoms with Crippen LogP contribution in [0.4, 0.5) is 36.4 Å². The van der Waals surface area contributed by atoms with Crippen molar-refractivity contribution in [3.63, 3.8) is 0 Å². The highest BCUT2D eigenvalue weighted by molar-refractivity contribution is 6.58. The van der Waals surface area contributed by atoms with E-state index in [-0.39, 0.29) is 17.7 Å². The number of carbonyl (C=O) groups is 1. The Hall–Kier alpha value is -2.08. The molecule has 0 aliphatic rings. The first-order valence-electron chi connectivity index (χ1n) is 6.42. The SMILES string of the molecule is C=C(C)C(=O)Nc1cc(B(O)O)cc(C(F)(F)C(F)(F)C(F)(F)F)c1. The molecule has 0 atom stereocenters. The number of hydrogen-bond acceptors (Lipinski definition) is 3. The molecule has 0 heterocycles. The molecule has 1 amide bonds. The van der Waals surface area contributed by atoms with Crippen LogP contribution in [0.5, 0.6) is 0 Å². The maximum Gasteiger partial charge on any atom is 0.488 e. The maximum atomic E-state index is 13.8. The lowest BCUT2D eigenvalue weighted by atomic mass is 9.78. The summed E-state index contributed by atoms with van der Waals surface area (Å²) in [5, 5.41) is 19.9. The molecule has 138 valence electrons. The number of anilines is 1. The van der Waals surface area contributed by atoms with Crippen LogP contribution in [0.1, 0.15) is 12.5 Å². The van der Waals surface area contributed by atoms with Gasteiger partial charge < -0.3 is 15.4 Å². The van der Waals surface area contributed by atoms with Crippen molar-refractivity contribution in [3.05, 3.63) is 35.9 Å². The number of alkyl halides is 7. The molecule has 0 aromatic heterocycles. The first kappa shape index (κ1) is 21.0. The minimum absolute atomic E-state index is 0.0702. The molecule has 1 aromatic rings. The third kappa shape index (κ3) is 4.13. The van der Waals surface area contributed by atoms with Crippen LogP contribution in [0.15, 0.2) is 30.4 Å². The van der Waals surface area contributed by atoms with E-state index in [2.05, 4.69) is 6.58 Å². The van der Waals surface area contributed by atoms with Gasteiger partial charge in [-0.15, -0.1) is 0 Å². The van der Waals surface area contributed by atoms with Gasteiger partial charge in [0.25, 0.3) is 5.91 Å². The summed E-state index contributed by atoms with van der Waals surface area (Å²) in [6, 6.07) is 0.962. The second-order valence-corrected chi connectivity index (χ2v) is 5.10. The largest absolute Gasteiger partial charge is 0.488 e. The Labute approximate surface area is 137 Å². The van der Waals surface area contributed by atoms with Crippen LogP contribution in [0.3, 0.4) is 0 Å². The number of carbonyl (C=O) groups excluding carboxylic acids is 1. The predicted octanol–water partition coefficient (Wildman–Crippen LogP) is 2.17. The Morgan fingerprint density at radius 2 is 1.60 bits per heavy atom. The van der Waals surface area contributed by atoms with Crippen LogP contribution in [0.2, 0.25) is 0 Å². The predicted molar refractivity (Wildman–Crippen MR) is 74.6 cm³/mol. The van der Waals surface area contributed by atoms with Gasteiger partial charge in [-0.2, -0.15) is 30.7 Å². The van der Waals surface area contributed by atoms with Crippen molar-refractivity contribution >= 4 is 24.2 Å². The van der Waals surface area contributed by atoms with E-state index >= 15 is 0 Å². The second-order valence-electron chi connectivity index (χ2n) is 5.10. The highest BCUT2D eigenvalue weighted by Gasteiger charge is 2.73. The van der Waals surface area contributed by atoms with Crippen molar-refractivity contribution in [1.29, 1.82) is 0 Å². The van der Waals surface area contributed by atoms with E-state index in [4.69, 9.17) is 10.0 Å². The zero-order valence-corrected chi connectivity index (χ0v) is 12.5. The lowest BCUT2D eigenvalue weighted by Crippen LogP contribution is -2.50. The van der Waals surface area contributed by atoms with Gasteiger partial charge in [-0.25, -0.2) is 0 Å². The summed E-state index contributed by atoms with van der Waals surface area (Å²) < 4.78 is 90.7. The van der Waals surface area contributed by atoms with Crippen molar-refractivity contribution in [2.24, 2.45) is 0 Å². The number of amides is 1. The molecule has 0 saturated heterocycles. The van der Waals surface area contributed by atoms with Gasteiger partial charge in [0, 0.05) is 16.8 Å². The molecule has 0 bridgehead atoms. The van der Waals surface area contributed by atoms with Gasteiger partial charge in [0.05, 0.1) is 0 Å². The van der Waals surface area contributed by atoms with E-state index in [1.54, 1.807) is 0 Å². The van der Waals surface area contributed by atoms with Crippen LogP contribution in [-0.2, 0) is 10.7 Å². The summed E-state index contributed by atoms with van der Waals surface area (Å²) in [4.78, 5) is 11.5. The van der Waals surface area contributed by atoms with Crippen LogP contribution in [0.25, 0.3) is 0 Å². The quantitative estimate of drug-likeness (QED) is 0.421. The number of halogens is 7. The molecule has 0 fully saturated rings. The number of nitrogens with one attached hydrogen (secondary N) is 1. The summed E-state index contributed by atoms with van der Waals surface area (Å²) in [6.07, 6.45) is -6.56. The topological polar surface area (TPSA) is 69.6 Å². The zero-order valence-electron chi connectivity index (χ0n) is 12.5. The Morgan fingerprint density at radius 1 is 1.08 bits per heavy atom. The number of rotatable bonds is 5. The molecule has 0 spiro atoms. The molecule has 25 heavy (non-hydrogen) atoms. The highest BCUT2D eigenvalue weighted by Crippen LogP contribution is 2.51. The Kier molecular flexibility index (Phi) is 5.60. The van der Waals surface area contributed by atoms with Crippen LogP contribution in [0, 0.1) is 0 Å². The fourth-order valence-corrected chi connectivity index (χ4v) is 1.65. The molecule has 0 aliphatic carbocycles. The van der Waals surface area contributed by atoms with E-state index in [0.29, 0.717) is 0 Å². The molecular formula is C13H11BF7NO3. The third-order valence-corrected chi connectivity index (χ3v) is 3.01. The Morgan fingerprint density at radius 3 is 2.00 bits per heavy atom. The van der Waals surface area contributed by atoms with E-state index in [1.165, 1.54) is 6.92 Å². The summed E-state index contributed by atoms with van der Waals surface area (Å²) in [6.45, 7) is 4.44. The second kappa shape index (κ2) is 6.67. The first-order valence-corrected chi connectivity index (χ1v) is 6.42. The number of hydrogen-bond donors (Lipinski definition) is 3. The summed E-state index contributed by atoms with van der Waals surface area (Å²) in [7, 11) is -2.46. The van der Waals surface area contributed by atoms with Gasteiger partial charge in [-0.05, 0) is 24.5 Å². The van der Waals surface area contributed by atoms with Crippen molar-refractivity contribution in [3.8, 4) is 0 Å². The normalized spacial score (nSPS) is 12.7. The van der Waals surface area contributed by atoms with Gasteiger partial charge in [-0.3, -0.25) is 4.79 Å². The molecule has 0 aliphatic heterocycles. The molecule has 12 heteroatoms. The molecule has 1 rings (SSSR count). The molecule has 1 aromatic carbocycles. The average molecular weight is 373 g/mol. The van der Waals surface area contributed by atoms with Gasteiger partial charge in [-0.1, -0.05) is 12.6 Å². The van der Waals surface area contributed by atoms with Crippen LogP contribution >= 0.6 is 0 Å². The highest BCUT2D eigenvalue weighted by atomic mass is 19.4. The molecular weight excluding hydrogens is 362 g/mol. The van der Waals surface area contributed by atoms with Crippen molar-refractivity contribution in [2.75, 3.05) is 5.32 Å². The fraction of sp³-hybridized carbons (Fsp3) is 0.308. The standard InChI is InChI=1S/C13H11BF7NO3/c1-6(2)10(23)22-9-4-7(3-8(5-9)14(24)25)11(15,16)12(17,18)13(19,20)21/h3-5,24-25H,1H2,2H3,(H,22,23). The number of benzene rings is 1. The summed E-state index contributed by atoms with van der Waals surface area (Å²) >= 11 is 0. The Bertz CT molecular complexity index is 689. The lowest BCUT2D eigenvalue weighted by molar-refractivity contribution is -0.359. The molecule has 0 saturated carbocycles. The van der Waals surface area contributed by atoms with Crippen molar-refractivity contribution in [1.82, 2.24) is 0 Å². The van der Waals surface area contributed by atoms with Crippen molar-refractivity contribution < 1.29 is 45.6 Å². The minimum atomic E-state index is -6.56.